The number of nitrogens with zero attached hydrogens (tertiary/aromatic N) is 1. The normalized spacial score (nSPS) is 27.0. The van der Waals surface area contributed by atoms with E-state index in [2.05, 4.69) is 11.9 Å². The Hall–Kier alpha value is -1.63. The molecule has 0 unspecified atom stereocenters. The second-order valence-electron chi connectivity index (χ2n) is 6.13. The first kappa shape index (κ1) is 17.7. The molecule has 2 heterocycles. The number of hydrogen-bond donors (Lipinski definition) is 1. The van der Waals surface area contributed by atoms with E-state index < -0.39 is 23.0 Å². The molecule has 7 heteroatoms. The van der Waals surface area contributed by atoms with Gasteiger partial charge in [0.25, 0.3) is 0 Å². The minimum atomic E-state index is -1.24. The first-order valence-corrected chi connectivity index (χ1v) is 8.88. The predicted molar refractivity (Wildman–Crippen MR) is 87.8 cm³/mol. The lowest BCUT2D eigenvalue weighted by molar-refractivity contribution is -0.166. The molecular weight excluding hydrogens is 316 g/mol. The van der Waals surface area contributed by atoms with Gasteiger partial charge in [0.15, 0.2) is 16.1 Å². The molecule has 1 aromatic rings. The molecule has 0 spiro atoms. The quantitative estimate of drug-likeness (QED) is 0.466. The molecule has 1 aliphatic heterocycles. The number of nitrogen functional groups attached to an aromatic ring is 1. The Morgan fingerprint density at radius 1 is 1.48 bits per heavy atom. The van der Waals surface area contributed by atoms with Crippen LogP contribution in [0.2, 0.25) is 0 Å². The van der Waals surface area contributed by atoms with Gasteiger partial charge in [-0.1, -0.05) is 26.2 Å². The molecule has 0 aromatic carbocycles. The maximum absolute atomic E-state index is 12.6. The minimum Gasteiger partial charge on any atom is -0.465 e. The van der Waals surface area contributed by atoms with Crippen LogP contribution in [-0.4, -0.2) is 23.5 Å². The molecule has 0 saturated carbocycles. The molecule has 0 radical (unpaired) electrons. The Morgan fingerprint density at radius 3 is 2.78 bits per heavy atom. The topological polar surface area (TPSA) is 91.5 Å². The van der Waals surface area contributed by atoms with Crippen LogP contribution in [0.3, 0.4) is 0 Å². The van der Waals surface area contributed by atoms with Crippen LogP contribution in [-0.2, 0) is 24.7 Å². The number of anilines is 1. The number of ether oxygens (including phenoxy) is 2. The zero-order chi connectivity index (χ0) is 17.1. The zero-order valence-electron chi connectivity index (χ0n) is 13.9. The molecule has 6 nitrogen and oxygen atoms in total. The number of carbonyl (C=O) groups excluding carboxylic acids is 2. The fraction of sp³-hybridized carbons (Fsp3) is 0.688. The fourth-order valence-electron chi connectivity index (χ4n) is 3.05. The summed E-state index contributed by atoms with van der Waals surface area (Å²) in [7, 11) is 0. The van der Waals surface area contributed by atoms with E-state index in [1.807, 2.05) is 0 Å². The van der Waals surface area contributed by atoms with E-state index in [4.69, 9.17) is 15.2 Å². The van der Waals surface area contributed by atoms with Crippen molar-refractivity contribution in [1.82, 2.24) is 4.98 Å². The molecule has 1 saturated heterocycles. The number of unbranched alkanes of at least 4 members (excludes halogenated alkanes) is 2. The van der Waals surface area contributed by atoms with E-state index in [9.17, 15) is 9.59 Å². The molecule has 0 amide bonds. The summed E-state index contributed by atoms with van der Waals surface area (Å²) in [6.07, 6.45) is 3.42. The number of rotatable bonds is 7. The third kappa shape index (κ3) is 3.34. The number of aromatic nitrogens is 1. The van der Waals surface area contributed by atoms with Gasteiger partial charge in [0.05, 0.1) is 12.3 Å². The standard InChI is InChI=1S/C16H24N2O4S/c1-4-6-7-8-16(12(19)21-5-2)10-15(3,22-13(16)20)11-9-23-14(17)18-11/h9H,4-8,10H2,1-3H3,(H2,17,18)/t15-,16+/m1/s1. The van der Waals surface area contributed by atoms with Gasteiger partial charge in [0.2, 0.25) is 0 Å². The van der Waals surface area contributed by atoms with E-state index >= 15 is 0 Å². The summed E-state index contributed by atoms with van der Waals surface area (Å²) >= 11 is 1.29. The molecule has 23 heavy (non-hydrogen) atoms. The smallest absolute Gasteiger partial charge is 0.324 e. The van der Waals surface area contributed by atoms with Crippen molar-refractivity contribution >= 4 is 28.4 Å². The van der Waals surface area contributed by atoms with Crippen molar-refractivity contribution in [1.29, 1.82) is 0 Å². The summed E-state index contributed by atoms with van der Waals surface area (Å²) in [6, 6.07) is 0. The highest BCUT2D eigenvalue weighted by Crippen LogP contribution is 2.50. The molecule has 0 aliphatic carbocycles. The van der Waals surface area contributed by atoms with Crippen molar-refractivity contribution in [2.24, 2.45) is 5.41 Å². The Morgan fingerprint density at radius 2 is 2.22 bits per heavy atom. The first-order chi connectivity index (χ1) is 10.9. The van der Waals surface area contributed by atoms with Crippen molar-refractivity contribution in [3.63, 3.8) is 0 Å². The summed E-state index contributed by atoms with van der Waals surface area (Å²) in [5.41, 5.74) is 4.10. The van der Waals surface area contributed by atoms with E-state index in [0.717, 1.165) is 19.3 Å². The van der Waals surface area contributed by atoms with Gasteiger partial charge in [-0.25, -0.2) is 4.98 Å². The van der Waals surface area contributed by atoms with Gasteiger partial charge in [-0.15, -0.1) is 11.3 Å². The number of carbonyl (C=O) groups is 2. The second kappa shape index (κ2) is 6.86. The van der Waals surface area contributed by atoms with Crippen molar-refractivity contribution in [3.8, 4) is 0 Å². The Balaban J connectivity index is 2.31. The van der Waals surface area contributed by atoms with E-state index in [1.54, 1.807) is 19.2 Å². The molecule has 2 rings (SSSR count). The molecule has 2 N–H and O–H groups in total. The highest BCUT2D eigenvalue weighted by molar-refractivity contribution is 7.13. The zero-order valence-corrected chi connectivity index (χ0v) is 14.7. The lowest BCUT2D eigenvalue weighted by Crippen LogP contribution is -2.38. The molecule has 1 aliphatic rings. The van der Waals surface area contributed by atoms with Gasteiger partial charge in [-0.3, -0.25) is 9.59 Å². The Kier molecular flexibility index (Phi) is 5.29. The molecule has 1 aromatic heterocycles. The third-order valence-electron chi connectivity index (χ3n) is 4.28. The van der Waals surface area contributed by atoms with Gasteiger partial charge in [0.1, 0.15) is 0 Å². The van der Waals surface area contributed by atoms with Crippen LogP contribution in [0.1, 0.15) is 58.6 Å². The minimum absolute atomic E-state index is 0.238. The van der Waals surface area contributed by atoms with Crippen LogP contribution in [0, 0.1) is 5.41 Å². The van der Waals surface area contributed by atoms with E-state index in [-0.39, 0.29) is 13.0 Å². The van der Waals surface area contributed by atoms with Crippen LogP contribution in [0.25, 0.3) is 0 Å². The summed E-state index contributed by atoms with van der Waals surface area (Å²) in [5.74, 6) is -1.01. The van der Waals surface area contributed by atoms with Gasteiger partial charge < -0.3 is 15.2 Å². The lowest BCUT2D eigenvalue weighted by Gasteiger charge is -2.24. The average molecular weight is 340 g/mol. The maximum atomic E-state index is 12.6. The van der Waals surface area contributed by atoms with Crippen molar-refractivity contribution in [3.05, 3.63) is 11.1 Å². The number of thiazole rings is 1. The van der Waals surface area contributed by atoms with Crippen molar-refractivity contribution < 1.29 is 19.1 Å². The molecule has 0 bridgehead atoms. The predicted octanol–water partition coefficient (Wildman–Crippen LogP) is 3.02. The van der Waals surface area contributed by atoms with Gasteiger partial charge in [-0.05, 0) is 20.3 Å². The van der Waals surface area contributed by atoms with Crippen LogP contribution >= 0.6 is 11.3 Å². The van der Waals surface area contributed by atoms with Crippen LogP contribution < -0.4 is 5.73 Å². The highest BCUT2D eigenvalue weighted by atomic mass is 32.1. The second-order valence-corrected chi connectivity index (χ2v) is 7.02. The highest BCUT2D eigenvalue weighted by Gasteiger charge is 2.61. The van der Waals surface area contributed by atoms with Gasteiger partial charge in [0, 0.05) is 11.8 Å². The number of hydrogen-bond acceptors (Lipinski definition) is 7. The van der Waals surface area contributed by atoms with Gasteiger partial charge in [-0.2, -0.15) is 0 Å². The SMILES string of the molecule is CCCCC[C@@]1(C(=O)OCC)C[C@](C)(c2csc(N)n2)OC1=O. The van der Waals surface area contributed by atoms with E-state index in [1.165, 1.54) is 11.3 Å². The Bertz CT molecular complexity index is 588. The fourth-order valence-corrected chi connectivity index (χ4v) is 3.74. The molecule has 1 fully saturated rings. The molecule has 128 valence electrons. The van der Waals surface area contributed by atoms with Crippen LogP contribution in [0.4, 0.5) is 5.13 Å². The Labute approximate surface area is 140 Å². The first-order valence-electron chi connectivity index (χ1n) is 8.00. The number of cyclic esters (lactones) is 1. The van der Waals surface area contributed by atoms with Crippen LogP contribution in [0.15, 0.2) is 5.38 Å². The van der Waals surface area contributed by atoms with E-state index in [0.29, 0.717) is 17.2 Å². The summed E-state index contributed by atoms with van der Waals surface area (Å²) in [4.78, 5) is 29.4. The molecular formula is C16H24N2O4S. The monoisotopic (exact) mass is 340 g/mol. The summed E-state index contributed by atoms with van der Waals surface area (Å²) in [5, 5.41) is 2.19. The lowest BCUT2D eigenvalue weighted by atomic mass is 9.76. The summed E-state index contributed by atoms with van der Waals surface area (Å²) in [6.45, 7) is 5.83. The van der Waals surface area contributed by atoms with Gasteiger partial charge >= 0.3 is 11.9 Å². The number of esters is 2. The number of nitrogens with two attached hydrogens (primary N) is 1. The average Bonchev–Trinajstić information content (AvgIpc) is 3.03. The molecule has 2 atom stereocenters. The maximum Gasteiger partial charge on any atom is 0.324 e. The van der Waals surface area contributed by atoms with Crippen molar-refractivity contribution in [2.75, 3.05) is 12.3 Å². The van der Waals surface area contributed by atoms with Crippen LogP contribution in [0.5, 0.6) is 0 Å². The summed E-state index contributed by atoms with van der Waals surface area (Å²) < 4.78 is 10.8. The largest absolute Gasteiger partial charge is 0.465 e. The third-order valence-corrected chi connectivity index (χ3v) is 4.96. The van der Waals surface area contributed by atoms with Crippen molar-refractivity contribution in [2.45, 2.75) is 58.5 Å².